The van der Waals surface area contributed by atoms with Gasteiger partial charge in [0.2, 0.25) is 0 Å². The van der Waals surface area contributed by atoms with Crippen LogP contribution < -0.4 is 10.1 Å². The molecule has 1 aromatic heterocycles. The quantitative estimate of drug-likeness (QED) is 0.898. The summed E-state index contributed by atoms with van der Waals surface area (Å²) >= 11 is 0. The van der Waals surface area contributed by atoms with Crippen LogP contribution in [-0.4, -0.2) is 23.1 Å². The van der Waals surface area contributed by atoms with Crippen molar-refractivity contribution in [2.75, 3.05) is 12.4 Å². The van der Waals surface area contributed by atoms with E-state index in [4.69, 9.17) is 4.74 Å². The molecule has 0 unspecified atom stereocenters. The third-order valence-corrected chi connectivity index (χ3v) is 3.18. The maximum atomic E-state index is 5.77. The first-order valence-electron chi connectivity index (χ1n) is 7.32. The van der Waals surface area contributed by atoms with Gasteiger partial charge in [-0.2, -0.15) is 0 Å². The average Bonchev–Trinajstić information content (AvgIpc) is 2.45. The fourth-order valence-electron chi connectivity index (χ4n) is 2.36. The van der Waals surface area contributed by atoms with Crippen molar-refractivity contribution in [2.45, 2.75) is 39.7 Å². The Bertz CT molecular complexity index is 609. The summed E-state index contributed by atoms with van der Waals surface area (Å²) in [5, 5.41) is 3.15. The molecule has 0 aliphatic rings. The van der Waals surface area contributed by atoms with E-state index in [0.29, 0.717) is 5.92 Å². The van der Waals surface area contributed by atoms with Crippen LogP contribution in [0.4, 0.5) is 5.82 Å². The minimum Gasteiger partial charge on any atom is -0.491 e. The summed E-state index contributed by atoms with van der Waals surface area (Å²) in [6.07, 6.45) is 1.76. The summed E-state index contributed by atoms with van der Waals surface area (Å²) in [7, 11) is 1.89. The molecule has 1 N–H and O–H groups in total. The topological polar surface area (TPSA) is 47.0 Å². The van der Waals surface area contributed by atoms with Crippen LogP contribution in [0.3, 0.4) is 0 Å². The number of rotatable bonds is 5. The fraction of sp³-hybridized carbons (Fsp3) is 0.412. The number of hydrogen-bond acceptors (Lipinski definition) is 4. The molecule has 0 saturated heterocycles. The molecular weight excluding hydrogens is 262 g/mol. The Morgan fingerprint density at radius 2 is 1.86 bits per heavy atom. The largest absolute Gasteiger partial charge is 0.491 e. The Labute approximate surface area is 126 Å². The number of benzene rings is 1. The summed E-state index contributed by atoms with van der Waals surface area (Å²) in [4.78, 5) is 8.81. The highest BCUT2D eigenvalue weighted by Crippen LogP contribution is 2.33. The van der Waals surface area contributed by atoms with E-state index in [2.05, 4.69) is 35.2 Å². The van der Waals surface area contributed by atoms with Crippen LogP contribution in [0.5, 0.6) is 5.75 Å². The van der Waals surface area contributed by atoms with Gasteiger partial charge in [-0.1, -0.05) is 26.0 Å². The standard InChI is InChI=1S/C17H23N3O/c1-11(2)15-16(19-10-20-17(15)18-5)13-7-6-8-14(9-13)21-12(3)4/h6-12H,1-5H3,(H,18,19,20). The minimum atomic E-state index is 0.156. The van der Waals surface area contributed by atoms with Crippen molar-refractivity contribution in [3.05, 3.63) is 36.2 Å². The molecule has 2 rings (SSSR count). The number of anilines is 1. The van der Waals surface area contributed by atoms with Crippen LogP contribution in [0, 0.1) is 0 Å². The van der Waals surface area contributed by atoms with Crippen molar-refractivity contribution < 1.29 is 4.74 Å². The van der Waals surface area contributed by atoms with Crippen LogP contribution in [0.1, 0.15) is 39.2 Å². The van der Waals surface area contributed by atoms with Crippen LogP contribution in [0.2, 0.25) is 0 Å². The van der Waals surface area contributed by atoms with Gasteiger partial charge in [0.25, 0.3) is 0 Å². The van der Waals surface area contributed by atoms with E-state index < -0.39 is 0 Å². The van der Waals surface area contributed by atoms with Gasteiger partial charge in [0.1, 0.15) is 17.9 Å². The minimum absolute atomic E-state index is 0.156. The Morgan fingerprint density at radius 1 is 1.10 bits per heavy atom. The first-order chi connectivity index (χ1) is 10.0. The van der Waals surface area contributed by atoms with E-state index >= 15 is 0 Å². The van der Waals surface area contributed by atoms with Gasteiger partial charge in [0.05, 0.1) is 11.8 Å². The molecular formula is C17H23N3O. The molecule has 2 aromatic rings. The number of nitrogens with one attached hydrogen (secondary N) is 1. The predicted octanol–water partition coefficient (Wildman–Crippen LogP) is 4.10. The maximum absolute atomic E-state index is 5.77. The Kier molecular flexibility index (Phi) is 4.78. The van der Waals surface area contributed by atoms with E-state index in [0.717, 1.165) is 28.4 Å². The molecule has 0 atom stereocenters. The molecule has 0 aliphatic heterocycles. The summed E-state index contributed by atoms with van der Waals surface area (Å²) < 4.78 is 5.77. The normalized spacial score (nSPS) is 11.0. The zero-order chi connectivity index (χ0) is 15.4. The summed E-state index contributed by atoms with van der Waals surface area (Å²) in [6.45, 7) is 8.35. The molecule has 0 bridgehead atoms. The lowest BCUT2D eigenvalue weighted by atomic mass is 9.97. The molecule has 112 valence electrons. The zero-order valence-corrected chi connectivity index (χ0v) is 13.3. The molecule has 1 aromatic carbocycles. The second kappa shape index (κ2) is 6.57. The lowest BCUT2D eigenvalue weighted by molar-refractivity contribution is 0.242. The first kappa shape index (κ1) is 15.3. The number of aromatic nitrogens is 2. The predicted molar refractivity (Wildman–Crippen MR) is 86.9 cm³/mol. The monoisotopic (exact) mass is 285 g/mol. The van der Waals surface area contributed by atoms with Crippen molar-refractivity contribution in [1.29, 1.82) is 0 Å². The molecule has 0 radical (unpaired) electrons. The third kappa shape index (κ3) is 3.51. The first-order valence-corrected chi connectivity index (χ1v) is 7.32. The van der Waals surface area contributed by atoms with Crippen molar-refractivity contribution in [3.8, 4) is 17.0 Å². The fourth-order valence-corrected chi connectivity index (χ4v) is 2.36. The van der Waals surface area contributed by atoms with Gasteiger partial charge in [-0.25, -0.2) is 9.97 Å². The van der Waals surface area contributed by atoms with Gasteiger partial charge in [0.15, 0.2) is 0 Å². The molecule has 0 spiro atoms. The van der Waals surface area contributed by atoms with Gasteiger partial charge >= 0.3 is 0 Å². The highest BCUT2D eigenvalue weighted by Gasteiger charge is 2.16. The van der Waals surface area contributed by atoms with Gasteiger partial charge < -0.3 is 10.1 Å². The van der Waals surface area contributed by atoms with Gasteiger partial charge in [-0.3, -0.25) is 0 Å². The Hall–Kier alpha value is -2.10. The number of nitrogens with zero attached hydrogens (tertiary/aromatic N) is 2. The highest BCUT2D eigenvalue weighted by molar-refractivity contribution is 5.70. The molecule has 0 amide bonds. The summed E-state index contributed by atoms with van der Waals surface area (Å²) in [5.74, 6) is 2.07. The molecule has 0 saturated carbocycles. The molecule has 0 fully saturated rings. The smallest absolute Gasteiger partial charge is 0.133 e. The van der Waals surface area contributed by atoms with Gasteiger partial charge in [-0.05, 0) is 31.9 Å². The van der Waals surface area contributed by atoms with E-state index in [1.165, 1.54) is 0 Å². The molecule has 1 heterocycles. The Balaban J connectivity index is 2.51. The summed E-state index contributed by atoms with van der Waals surface area (Å²) in [5.41, 5.74) is 3.14. The molecule has 0 aliphatic carbocycles. The van der Waals surface area contributed by atoms with E-state index in [-0.39, 0.29) is 6.10 Å². The Morgan fingerprint density at radius 3 is 2.48 bits per heavy atom. The lowest BCUT2D eigenvalue weighted by Crippen LogP contribution is -2.06. The van der Waals surface area contributed by atoms with Crippen LogP contribution in [-0.2, 0) is 0 Å². The maximum Gasteiger partial charge on any atom is 0.133 e. The van der Waals surface area contributed by atoms with Crippen molar-refractivity contribution in [2.24, 2.45) is 0 Å². The summed E-state index contributed by atoms with van der Waals surface area (Å²) in [6, 6.07) is 8.06. The zero-order valence-electron chi connectivity index (χ0n) is 13.3. The van der Waals surface area contributed by atoms with Crippen LogP contribution >= 0.6 is 0 Å². The van der Waals surface area contributed by atoms with E-state index in [9.17, 15) is 0 Å². The van der Waals surface area contributed by atoms with Gasteiger partial charge in [0, 0.05) is 18.2 Å². The molecule has 21 heavy (non-hydrogen) atoms. The number of ether oxygens (including phenoxy) is 1. The van der Waals surface area contributed by atoms with E-state index in [1.807, 2.05) is 39.1 Å². The van der Waals surface area contributed by atoms with Crippen molar-refractivity contribution in [3.63, 3.8) is 0 Å². The second-order valence-corrected chi connectivity index (χ2v) is 5.58. The highest BCUT2D eigenvalue weighted by atomic mass is 16.5. The van der Waals surface area contributed by atoms with Crippen LogP contribution in [0.25, 0.3) is 11.3 Å². The average molecular weight is 285 g/mol. The van der Waals surface area contributed by atoms with E-state index in [1.54, 1.807) is 6.33 Å². The second-order valence-electron chi connectivity index (χ2n) is 5.58. The van der Waals surface area contributed by atoms with Gasteiger partial charge in [-0.15, -0.1) is 0 Å². The molecule has 4 heteroatoms. The third-order valence-electron chi connectivity index (χ3n) is 3.18. The van der Waals surface area contributed by atoms with Crippen molar-refractivity contribution in [1.82, 2.24) is 9.97 Å². The SMILES string of the molecule is CNc1ncnc(-c2cccc(OC(C)C)c2)c1C(C)C. The molecule has 4 nitrogen and oxygen atoms in total. The lowest BCUT2D eigenvalue weighted by Gasteiger charge is -2.16. The van der Waals surface area contributed by atoms with Crippen LogP contribution in [0.15, 0.2) is 30.6 Å². The number of hydrogen-bond donors (Lipinski definition) is 1. The van der Waals surface area contributed by atoms with Crippen molar-refractivity contribution >= 4 is 5.82 Å².